The maximum atomic E-state index is 9.95. The predicted octanol–water partition coefficient (Wildman–Crippen LogP) is 2.92. The lowest BCUT2D eigenvalue weighted by atomic mass is 10.1. The van der Waals surface area contributed by atoms with Gasteiger partial charge in [-0.15, -0.1) is 0 Å². The quantitative estimate of drug-likeness (QED) is 0.310. The van der Waals surface area contributed by atoms with Crippen LogP contribution in [0.5, 0.6) is 11.8 Å². The van der Waals surface area contributed by atoms with Crippen LogP contribution in [0.1, 0.15) is 11.5 Å². The molecule has 0 radical (unpaired) electrons. The van der Waals surface area contributed by atoms with Gasteiger partial charge < -0.3 is 29.7 Å². The average molecular weight is 478 g/mol. The summed E-state index contributed by atoms with van der Waals surface area (Å²) in [6, 6.07) is 9.48. The Labute approximate surface area is 202 Å². The molecule has 0 saturated heterocycles. The van der Waals surface area contributed by atoms with Crippen LogP contribution >= 0.6 is 0 Å². The van der Waals surface area contributed by atoms with Crippen LogP contribution in [-0.4, -0.2) is 63.6 Å². The van der Waals surface area contributed by atoms with Gasteiger partial charge in [0.25, 0.3) is 0 Å². The summed E-state index contributed by atoms with van der Waals surface area (Å²) in [4.78, 5) is 17.7. The Morgan fingerprint density at radius 1 is 1.11 bits per heavy atom. The second kappa shape index (κ2) is 10.9. The van der Waals surface area contributed by atoms with Crippen molar-refractivity contribution in [3.8, 4) is 34.4 Å². The second-order valence-electron chi connectivity index (χ2n) is 7.79. The Kier molecular flexibility index (Phi) is 7.48. The minimum Gasteiger partial charge on any atom is -0.491 e. The molecule has 0 saturated carbocycles. The molecule has 11 heteroatoms. The third-order valence-corrected chi connectivity index (χ3v) is 5.07. The number of ether oxygens (including phenoxy) is 2. The first kappa shape index (κ1) is 24.0. The summed E-state index contributed by atoms with van der Waals surface area (Å²) in [7, 11) is 3.28. The molecule has 1 aromatic carbocycles. The zero-order valence-corrected chi connectivity index (χ0v) is 19.9. The van der Waals surface area contributed by atoms with Crippen molar-refractivity contribution >= 4 is 11.5 Å². The van der Waals surface area contributed by atoms with Crippen LogP contribution < -0.4 is 20.1 Å². The van der Waals surface area contributed by atoms with Gasteiger partial charge >= 0.3 is 6.01 Å². The van der Waals surface area contributed by atoms with Crippen LogP contribution in [0.2, 0.25) is 0 Å². The Morgan fingerprint density at radius 3 is 2.60 bits per heavy atom. The number of methoxy groups -OCH3 is 1. The van der Waals surface area contributed by atoms with E-state index in [9.17, 15) is 5.11 Å². The average Bonchev–Trinajstić information content (AvgIpc) is 3.21. The van der Waals surface area contributed by atoms with E-state index in [1.807, 2.05) is 44.2 Å². The first-order valence-corrected chi connectivity index (χ1v) is 11.0. The minimum atomic E-state index is -0.620. The largest absolute Gasteiger partial charge is 0.491 e. The van der Waals surface area contributed by atoms with Gasteiger partial charge in [0.1, 0.15) is 30.0 Å². The van der Waals surface area contributed by atoms with Crippen molar-refractivity contribution in [1.29, 1.82) is 0 Å². The van der Waals surface area contributed by atoms with Crippen molar-refractivity contribution in [3.63, 3.8) is 0 Å². The Balaban J connectivity index is 1.70. The van der Waals surface area contributed by atoms with Gasteiger partial charge in [0.05, 0.1) is 42.1 Å². The molecule has 3 aromatic heterocycles. The van der Waals surface area contributed by atoms with Crippen LogP contribution in [0.25, 0.3) is 22.6 Å². The van der Waals surface area contributed by atoms with Gasteiger partial charge in [-0.1, -0.05) is 17.3 Å². The predicted molar refractivity (Wildman–Crippen MR) is 130 cm³/mol. The number of benzene rings is 1. The number of aliphatic hydroxyl groups is 1. The highest BCUT2D eigenvalue weighted by Crippen LogP contribution is 2.31. The van der Waals surface area contributed by atoms with E-state index in [2.05, 4.69) is 25.8 Å². The van der Waals surface area contributed by atoms with Crippen molar-refractivity contribution in [2.24, 2.45) is 0 Å². The molecule has 35 heavy (non-hydrogen) atoms. The van der Waals surface area contributed by atoms with Gasteiger partial charge in [0.15, 0.2) is 5.82 Å². The number of likely N-dealkylation sites (N-methyl/N-ethyl adjacent to an activating group) is 1. The summed E-state index contributed by atoms with van der Waals surface area (Å²) in [5.41, 5.74) is 3.55. The summed E-state index contributed by atoms with van der Waals surface area (Å²) in [5, 5.41) is 20.1. The van der Waals surface area contributed by atoms with Crippen LogP contribution in [0.15, 0.2) is 47.2 Å². The highest BCUT2D eigenvalue weighted by Gasteiger charge is 2.17. The highest BCUT2D eigenvalue weighted by atomic mass is 16.5. The lowest BCUT2D eigenvalue weighted by Crippen LogP contribution is -2.29. The zero-order chi connectivity index (χ0) is 24.8. The monoisotopic (exact) mass is 477 g/mol. The molecule has 0 aliphatic rings. The second-order valence-corrected chi connectivity index (χ2v) is 7.79. The van der Waals surface area contributed by atoms with Crippen molar-refractivity contribution in [2.75, 3.05) is 32.6 Å². The molecule has 3 heterocycles. The van der Waals surface area contributed by atoms with E-state index < -0.39 is 6.10 Å². The topological polar surface area (TPSA) is 140 Å². The molecule has 0 fully saturated rings. The Bertz CT molecular complexity index is 1260. The van der Waals surface area contributed by atoms with Crippen LogP contribution in [0.3, 0.4) is 0 Å². The van der Waals surface area contributed by atoms with E-state index in [1.165, 1.54) is 7.11 Å². The van der Waals surface area contributed by atoms with Crippen LogP contribution in [-0.2, 0) is 0 Å². The lowest BCUT2D eigenvalue weighted by molar-refractivity contribution is 0.108. The van der Waals surface area contributed by atoms with Crippen molar-refractivity contribution in [1.82, 2.24) is 30.4 Å². The molecule has 182 valence electrons. The van der Waals surface area contributed by atoms with E-state index in [0.717, 1.165) is 16.8 Å². The molecule has 1 atom stereocenters. The number of hydrogen-bond acceptors (Lipinski definition) is 11. The number of anilines is 2. The summed E-state index contributed by atoms with van der Waals surface area (Å²) in [6.45, 7) is 4.30. The molecular weight excluding hydrogens is 450 g/mol. The van der Waals surface area contributed by atoms with Crippen LogP contribution in [0, 0.1) is 13.8 Å². The smallest absolute Gasteiger partial charge is 0.316 e. The van der Waals surface area contributed by atoms with Gasteiger partial charge in [-0.05, 0) is 33.0 Å². The normalized spacial score (nSPS) is 11.8. The van der Waals surface area contributed by atoms with E-state index in [1.54, 1.807) is 19.4 Å². The molecule has 3 N–H and O–H groups in total. The van der Waals surface area contributed by atoms with Crippen LogP contribution in [0.4, 0.5) is 11.5 Å². The third-order valence-electron chi connectivity index (χ3n) is 5.07. The maximum absolute atomic E-state index is 9.95. The summed E-state index contributed by atoms with van der Waals surface area (Å²) in [5.74, 6) is 2.26. The number of aromatic nitrogens is 5. The molecule has 1 unspecified atom stereocenters. The number of rotatable bonds is 10. The van der Waals surface area contributed by atoms with Gasteiger partial charge in [-0.2, -0.15) is 0 Å². The fraction of sp³-hybridized carbons (Fsp3) is 0.292. The first-order chi connectivity index (χ1) is 17.0. The molecule has 11 nitrogen and oxygen atoms in total. The zero-order valence-electron chi connectivity index (χ0n) is 19.9. The Hall–Kier alpha value is -4.09. The van der Waals surface area contributed by atoms with Gasteiger partial charge in [-0.25, -0.2) is 19.9 Å². The molecule has 0 amide bonds. The van der Waals surface area contributed by atoms with Crippen molar-refractivity contribution < 1.29 is 19.1 Å². The first-order valence-electron chi connectivity index (χ1n) is 11.0. The number of nitrogens with one attached hydrogen (secondary N) is 2. The molecule has 0 spiro atoms. The van der Waals surface area contributed by atoms with E-state index in [-0.39, 0.29) is 12.6 Å². The summed E-state index contributed by atoms with van der Waals surface area (Å²) < 4.78 is 16.1. The molecule has 4 rings (SSSR count). The van der Waals surface area contributed by atoms with Gasteiger partial charge in [-0.3, -0.25) is 0 Å². The summed E-state index contributed by atoms with van der Waals surface area (Å²) in [6.07, 6.45) is 2.59. The maximum Gasteiger partial charge on any atom is 0.316 e. The Morgan fingerprint density at radius 2 is 1.91 bits per heavy atom. The van der Waals surface area contributed by atoms with Crippen molar-refractivity contribution in [3.05, 3.63) is 54.2 Å². The lowest BCUT2D eigenvalue weighted by Gasteiger charge is -2.13. The third kappa shape index (κ3) is 5.89. The fourth-order valence-corrected chi connectivity index (χ4v) is 3.46. The fourth-order valence-electron chi connectivity index (χ4n) is 3.46. The molecule has 0 bridgehead atoms. The number of hydrogen-bond donors (Lipinski definition) is 3. The molecule has 0 aliphatic heterocycles. The molecule has 4 aromatic rings. The molecular formula is C24H27N7O4. The molecule has 0 aliphatic carbocycles. The van der Waals surface area contributed by atoms with Crippen molar-refractivity contribution in [2.45, 2.75) is 20.0 Å². The number of aryl methyl sites for hydroxylation is 2. The van der Waals surface area contributed by atoms with E-state index >= 15 is 0 Å². The van der Waals surface area contributed by atoms with E-state index in [4.69, 9.17) is 24.0 Å². The van der Waals surface area contributed by atoms with Gasteiger partial charge in [0, 0.05) is 18.2 Å². The standard InChI is InChI=1S/C24H27N7O4/c1-14-22(15(2)35-31-14)20-9-21(28-17-10-26-24(33-4)27-11-17)30-23(29-20)16-6-5-7-19(8-16)34-13-18(32)12-25-3/h5-11,18,25,32H,12-13H2,1-4H3,(H,28,29,30). The number of nitrogens with zero attached hydrogens (tertiary/aromatic N) is 5. The minimum absolute atomic E-state index is 0.161. The summed E-state index contributed by atoms with van der Waals surface area (Å²) >= 11 is 0. The van der Waals surface area contributed by atoms with Gasteiger partial charge in [0.2, 0.25) is 0 Å². The SMILES string of the molecule is CNCC(O)COc1cccc(-c2nc(Nc3cnc(OC)nc3)cc(-c3c(C)noc3C)n2)c1. The van der Waals surface area contributed by atoms with E-state index in [0.29, 0.717) is 41.1 Å². The number of aliphatic hydroxyl groups excluding tert-OH is 1. The highest BCUT2D eigenvalue weighted by molar-refractivity contribution is 5.72.